The van der Waals surface area contributed by atoms with Crippen LogP contribution in [0.25, 0.3) is 0 Å². The Balaban J connectivity index is 2.07. The van der Waals surface area contributed by atoms with Crippen molar-refractivity contribution in [1.82, 2.24) is 5.32 Å². The zero-order chi connectivity index (χ0) is 19.3. The van der Waals surface area contributed by atoms with E-state index in [0.717, 1.165) is 5.56 Å². The van der Waals surface area contributed by atoms with E-state index in [2.05, 4.69) is 10.6 Å². The molecular weight excluding hydrogens is 371 g/mol. The van der Waals surface area contributed by atoms with Crippen LogP contribution >= 0.6 is 23.2 Å². The number of carbonyl (C=O) groups excluding carboxylic acids is 2. The van der Waals surface area contributed by atoms with E-state index in [-0.39, 0.29) is 23.8 Å². The van der Waals surface area contributed by atoms with E-state index < -0.39 is 0 Å². The van der Waals surface area contributed by atoms with Crippen molar-refractivity contribution < 1.29 is 9.59 Å². The van der Waals surface area contributed by atoms with Crippen LogP contribution < -0.4 is 10.6 Å². The number of amides is 2. The molecule has 0 radical (unpaired) electrons. The summed E-state index contributed by atoms with van der Waals surface area (Å²) in [5.74, 6) is -0.445. The van der Waals surface area contributed by atoms with Gasteiger partial charge in [-0.25, -0.2) is 0 Å². The lowest BCUT2D eigenvalue weighted by Crippen LogP contribution is -2.40. The third kappa shape index (κ3) is 5.75. The lowest BCUT2D eigenvalue weighted by molar-refractivity contribution is -0.116. The number of hydrogen-bond donors (Lipinski definition) is 2. The first-order valence-electron chi connectivity index (χ1n) is 8.31. The molecule has 26 heavy (non-hydrogen) atoms. The number of benzene rings is 2. The summed E-state index contributed by atoms with van der Waals surface area (Å²) in [5.41, 5.74) is 1.27. The fourth-order valence-corrected chi connectivity index (χ4v) is 3.01. The van der Waals surface area contributed by atoms with Crippen molar-refractivity contribution >= 4 is 40.7 Å². The number of hydrogen-bond acceptors (Lipinski definition) is 2. The lowest BCUT2D eigenvalue weighted by Gasteiger charge is -2.21. The molecular formula is C20H22Cl2N2O2. The second-order valence-corrected chi connectivity index (χ2v) is 7.81. The summed E-state index contributed by atoms with van der Waals surface area (Å²) in [6.45, 7) is 5.71. The summed E-state index contributed by atoms with van der Waals surface area (Å²) in [6, 6.07) is 12.2. The van der Waals surface area contributed by atoms with Gasteiger partial charge in [0.2, 0.25) is 5.91 Å². The normalized spacial score (nSPS) is 11.1. The highest BCUT2D eigenvalue weighted by Gasteiger charge is 2.18. The van der Waals surface area contributed by atoms with E-state index in [1.165, 1.54) is 0 Å². The number of anilines is 1. The molecule has 2 aromatic rings. The van der Waals surface area contributed by atoms with E-state index in [0.29, 0.717) is 27.7 Å². The molecule has 2 rings (SSSR count). The Labute approximate surface area is 163 Å². The SMILES string of the molecule is CC(C)(C)NC(=O)c1ccccc1NC(=O)CCc1c(Cl)cccc1Cl. The highest BCUT2D eigenvalue weighted by molar-refractivity contribution is 6.36. The smallest absolute Gasteiger partial charge is 0.253 e. The molecule has 0 aliphatic heterocycles. The number of rotatable bonds is 5. The van der Waals surface area contributed by atoms with Gasteiger partial charge in [0.05, 0.1) is 11.3 Å². The van der Waals surface area contributed by atoms with Crippen LogP contribution in [0.2, 0.25) is 10.0 Å². The van der Waals surface area contributed by atoms with Crippen LogP contribution in [0.1, 0.15) is 43.1 Å². The van der Waals surface area contributed by atoms with Gasteiger partial charge < -0.3 is 10.6 Å². The Hall–Kier alpha value is -2.04. The van der Waals surface area contributed by atoms with E-state index in [9.17, 15) is 9.59 Å². The van der Waals surface area contributed by atoms with Gasteiger partial charge in [-0.2, -0.15) is 0 Å². The van der Waals surface area contributed by atoms with Crippen molar-refractivity contribution in [2.75, 3.05) is 5.32 Å². The number of halogens is 2. The van der Waals surface area contributed by atoms with E-state index >= 15 is 0 Å². The van der Waals surface area contributed by atoms with Crippen LogP contribution in [0.3, 0.4) is 0 Å². The Morgan fingerprint density at radius 2 is 1.58 bits per heavy atom. The summed E-state index contributed by atoms with van der Waals surface area (Å²) in [6.07, 6.45) is 0.624. The summed E-state index contributed by atoms with van der Waals surface area (Å²) < 4.78 is 0. The van der Waals surface area contributed by atoms with Gasteiger partial charge in [-0.05, 0) is 57.0 Å². The molecule has 138 valence electrons. The largest absolute Gasteiger partial charge is 0.347 e. The van der Waals surface area contributed by atoms with Crippen LogP contribution in [-0.4, -0.2) is 17.4 Å². The van der Waals surface area contributed by atoms with Crippen LogP contribution in [-0.2, 0) is 11.2 Å². The summed E-state index contributed by atoms with van der Waals surface area (Å²) in [4.78, 5) is 24.8. The molecule has 0 aliphatic rings. The molecule has 0 atom stereocenters. The lowest BCUT2D eigenvalue weighted by atomic mass is 10.1. The molecule has 0 aromatic heterocycles. The summed E-state index contributed by atoms with van der Waals surface area (Å²) >= 11 is 12.3. The van der Waals surface area contributed by atoms with Crippen LogP contribution in [0.5, 0.6) is 0 Å². The van der Waals surface area contributed by atoms with Gasteiger partial charge in [-0.15, -0.1) is 0 Å². The van der Waals surface area contributed by atoms with Crippen LogP contribution in [0.4, 0.5) is 5.69 Å². The minimum absolute atomic E-state index is 0.207. The van der Waals surface area contributed by atoms with Crippen molar-refractivity contribution in [2.45, 2.75) is 39.2 Å². The molecule has 2 aromatic carbocycles. The molecule has 0 heterocycles. The maximum Gasteiger partial charge on any atom is 0.253 e. The van der Waals surface area contributed by atoms with Crippen molar-refractivity contribution in [2.24, 2.45) is 0 Å². The van der Waals surface area contributed by atoms with Gasteiger partial charge in [0.25, 0.3) is 5.91 Å². The van der Waals surface area contributed by atoms with Crippen molar-refractivity contribution in [1.29, 1.82) is 0 Å². The molecule has 6 heteroatoms. The molecule has 2 N–H and O–H groups in total. The van der Waals surface area contributed by atoms with Gasteiger partial charge in [-0.3, -0.25) is 9.59 Å². The molecule has 0 saturated heterocycles. The molecule has 2 amide bonds. The fraction of sp³-hybridized carbons (Fsp3) is 0.300. The van der Waals surface area contributed by atoms with Crippen LogP contribution in [0, 0.1) is 0 Å². The topological polar surface area (TPSA) is 58.2 Å². The van der Waals surface area contributed by atoms with Gasteiger partial charge in [0.1, 0.15) is 0 Å². The average Bonchev–Trinajstić information content (AvgIpc) is 2.53. The third-order valence-electron chi connectivity index (χ3n) is 3.60. The average molecular weight is 393 g/mol. The third-order valence-corrected chi connectivity index (χ3v) is 4.31. The van der Waals surface area contributed by atoms with Crippen molar-refractivity contribution in [3.63, 3.8) is 0 Å². The van der Waals surface area contributed by atoms with Crippen molar-refractivity contribution in [3.05, 3.63) is 63.6 Å². The number of carbonyl (C=O) groups is 2. The van der Waals surface area contributed by atoms with Gasteiger partial charge in [0, 0.05) is 22.0 Å². The number of nitrogens with one attached hydrogen (secondary N) is 2. The highest BCUT2D eigenvalue weighted by Crippen LogP contribution is 2.25. The second kappa shape index (κ2) is 8.56. The standard InChI is InChI=1S/C20H22Cl2N2O2/c1-20(2,3)24-19(26)14-7-4-5-10-17(14)23-18(25)12-11-13-15(21)8-6-9-16(13)22/h4-10H,11-12H2,1-3H3,(H,23,25)(H,24,26). The summed E-state index contributed by atoms with van der Waals surface area (Å²) in [7, 11) is 0. The molecule has 0 unspecified atom stereocenters. The zero-order valence-corrected chi connectivity index (χ0v) is 16.5. The molecule has 0 saturated carbocycles. The highest BCUT2D eigenvalue weighted by atomic mass is 35.5. The summed E-state index contributed by atoms with van der Waals surface area (Å²) in [5, 5.41) is 6.77. The Bertz CT molecular complexity index is 793. The monoisotopic (exact) mass is 392 g/mol. The molecule has 0 aliphatic carbocycles. The minimum Gasteiger partial charge on any atom is -0.347 e. The maximum atomic E-state index is 12.4. The molecule has 0 fully saturated rings. The Morgan fingerprint density at radius 3 is 2.19 bits per heavy atom. The van der Waals surface area contributed by atoms with Crippen LogP contribution in [0.15, 0.2) is 42.5 Å². The Kier molecular flexibility index (Phi) is 6.68. The maximum absolute atomic E-state index is 12.4. The quantitative estimate of drug-likeness (QED) is 0.743. The van der Waals surface area contributed by atoms with E-state index in [1.54, 1.807) is 42.5 Å². The molecule has 0 bridgehead atoms. The predicted molar refractivity (Wildman–Crippen MR) is 107 cm³/mol. The molecule has 0 spiro atoms. The zero-order valence-electron chi connectivity index (χ0n) is 15.0. The Morgan fingerprint density at radius 1 is 0.962 bits per heavy atom. The number of para-hydroxylation sites is 1. The first-order chi connectivity index (χ1) is 12.2. The van der Waals surface area contributed by atoms with E-state index in [1.807, 2.05) is 20.8 Å². The first-order valence-corrected chi connectivity index (χ1v) is 9.07. The fourth-order valence-electron chi connectivity index (χ4n) is 2.42. The van der Waals surface area contributed by atoms with Gasteiger partial charge in [-0.1, -0.05) is 41.4 Å². The molecule has 4 nitrogen and oxygen atoms in total. The first kappa shape index (κ1) is 20.3. The predicted octanol–water partition coefficient (Wildman–Crippen LogP) is 5.09. The van der Waals surface area contributed by atoms with Crippen molar-refractivity contribution in [3.8, 4) is 0 Å². The van der Waals surface area contributed by atoms with E-state index in [4.69, 9.17) is 23.2 Å². The second-order valence-electron chi connectivity index (χ2n) is 7.00. The van der Waals surface area contributed by atoms with Gasteiger partial charge >= 0.3 is 0 Å². The van der Waals surface area contributed by atoms with Gasteiger partial charge in [0.15, 0.2) is 0 Å². The minimum atomic E-state index is -0.366.